The van der Waals surface area contributed by atoms with E-state index in [1.54, 1.807) is 12.0 Å². The molecule has 1 atom stereocenters. The maximum Gasteiger partial charge on any atom is 0.308 e. The highest BCUT2D eigenvalue weighted by atomic mass is 16.5. The van der Waals surface area contributed by atoms with Crippen LogP contribution in [0.1, 0.15) is 31.2 Å². The zero-order valence-corrected chi connectivity index (χ0v) is 15.3. The molecule has 1 amide bonds. The predicted molar refractivity (Wildman–Crippen MR) is 96.1 cm³/mol. The van der Waals surface area contributed by atoms with Crippen molar-refractivity contribution in [1.82, 2.24) is 4.90 Å². The highest BCUT2D eigenvalue weighted by Gasteiger charge is 2.51. The number of benzene rings is 1. The van der Waals surface area contributed by atoms with Crippen molar-refractivity contribution in [2.75, 3.05) is 33.4 Å². The second-order valence-corrected chi connectivity index (χ2v) is 7.34. The molecule has 6 heteroatoms. The molecule has 2 aliphatic heterocycles. The summed E-state index contributed by atoms with van der Waals surface area (Å²) in [5.41, 5.74) is 0.861. The number of amides is 1. The van der Waals surface area contributed by atoms with Gasteiger partial charge in [0.05, 0.1) is 13.0 Å². The van der Waals surface area contributed by atoms with Crippen molar-refractivity contribution in [3.8, 4) is 5.75 Å². The monoisotopic (exact) mass is 361 g/mol. The van der Waals surface area contributed by atoms with Gasteiger partial charge in [-0.15, -0.1) is 0 Å². The third kappa shape index (κ3) is 4.01. The minimum atomic E-state index is -0.791. The van der Waals surface area contributed by atoms with Crippen LogP contribution in [0.2, 0.25) is 0 Å². The van der Waals surface area contributed by atoms with E-state index in [0.29, 0.717) is 32.7 Å². The highest BCUT2D eigenvalue weighted by Crippen LogP contribution is 2.44. The molecule has 2 heterocycles. The first-order chi connectivity index (χ1) is 12.5. The molecule has 1 spiro atoms. The molecule has 6 nitrogen and oxygen atoms in total. The number of aryl methyl sites for hydroxylation is 1. The number of hydrogen-bond acceptors (Lipinski definition) is 4. The third-order valence-electron chi connectivity index (χ3n) is 5.80. The van der Waals surface area contributed by atoms with Crippen molar-refractivity contribution in [3.63, 3.8) is 0 Å². The van der Waals surface area contributed by atoms with Crippen molar-refractivity contribution >= 4 is 11.9 Å². The number of carboxylic acid groups (broad SMARTS) is 1. The lowest BCUT2D eigenvalue weighted by Crippen LogP contribution is -2.40. The molecule has 1 N–H and O–H groups in total. The molecule has 0 aromatic heterocycles. The average Bonchev–Trinajstić information content (AvgIpc) is 3.02. The van der Waals surface area contributed by atoms with Crippen LogP contribution in [0.4, 0.5) is 0 Å². The summed E-state index contributed by atoms with van der Waals surface area (Å²) in [6.45, 7) is 2.05. The van der Waals surface area contributed by atoms with Crippen LogP contribution in [-0.4, -0.2) is 55.3 Å². The first-order valence-electron chi connectivity index (χ1n) is 9.25. The molecular weight excluding hydrogens is 334 g/mol. The van der Waals surface area contributed by atoms with Crippen LogP contribution in [0.25, 0.3) is 0 Å². The lowest BCUT2D eigenvalue weighted by Gasteiger charge is -2.36. The number of nitrogens with zero attached hydrogens (tertiary/aromatic N) is 1. The predicted octanol–water partition coefficient (Wildman–Crippen LogP) is 2.36. The summed E-state index contributed by atoms with van der Waals surface area (Å²) < 4.78 is 10.6. The van der Waals surface area contributed by atoms with E-state index in [0.717, 1.165) is 31.4 Å². The minimum absolute atomic E-state index is 0.0631. The van der Waals surface area contributed by atoms with Gasteiger partial charge in [-0.3, -0.25) is 9.59 Å². The first kappa shape index (κ1) is 18.7. The topological polar surface area (TPSA) is 76.1 Å². The smallest absolute Gasteiger partial charge is 0.308 e. The van der Waals surface area contributed by atoms with Crippen LogP contribution < -0.4 is 4.74 Å². The number of carbonyl (C=O) groups is 2. The SMILES string of the molecule is COc1ccc(CCCC(=O)N2CC(C(=O)O)C3(CCOCC3)C2)cc1. The lowest BCUT2D eigenvalue weighted by molar-refractivity contribution is -0.146. The Kier molecular flexibility index (Phi) is 5.81. The number of hydrogen-bond donors (Lipinski definition) is 1. The molecule has 2 fully saturated rings. The Morgan fingerprint density at radius 3 is 2.58 bits per heavy atom. The normalized spacial score (nSPS) is 21.7. The summed E-state index contributed by atoms with van der Waals surface area (Å²) >= 11 is 0. The molecule has 2 saturated heterocycles. The summed E-state index contributed by atoms with van der Waals surface area (Å²) in [6, 6.07) is 7.86. The van der Waals surface area contributed by atoms with Crippen molar-refractivity contribution in [1.29, 1.82) is 0 Å². The average molecular weight is 361 g/mol. The minimum Gasteiger partial charge on any atom is -0.497 e. The van der Waals surface area contributed by atoms with Crippen LogP contribution >= 0.6 is 0 Å². The number of ether oxygens (including phenoxy) is 2. The van der Waals surface area contributed by atoms with Crippen LogP contribution in [0, 0.1) is 11.3 Å². The third-order valence-corrected chi connectivity index (χ3v) is 5.80. The first-order valence-corrected chi connectivity index (χ1v) is 9.25. The zero-order valence-electron chi connectivity index (χ0n) is 15.3. The molecule has 2 aliphatic rings. The second kappa shape index (κ2) is 8.08. The van der Waals surface area contributed by atoms with E-state index in [1.165, 1.54) is 5.56 Å². The van der Waals surface area contributed by atoms with Gasteiger partial charge in [0.2, 0.25) is 5.91 Å². The summed E-state index contributed by atoms with van der Waals surface area (Å²) in [6.07, 6.45) is 3.48. The summed E-state index contributed by atoms with van der Waals surface area (Å²) in [5.74, 6) is -0.381. The maximum atomic E-state index is 12.6. The zero-order chi connectivity index (χ0) is 18.6. The molecule has 142 valence electrons. The number of rotatable bonds is 6. The van der Waals surface area contributed by atoms with Gasteiger partial charge in [0, 0.05) is 38.1 Å². The van der Waals surface area contributed by atoms with E-state index < -0.39 is 11.9 Å². The van der Waals surface area contributed by atoms with Crippen LogP contribution in [-0.2, 0) is 20.7 Å². The molecule has 0 saturated carbocycles. The Labute approximate surface area is 154 Å². The van der Waals surface area contributed by atoms with Crippen LogP contribution in [0.3, 0.4) is 0 Å². The number of carboxylic acids is 1. The molecule has 26 heavy (non-hydrogen) atoms. The Balaban J connectivity index is 1.53. The van der Waals surface area contributed by atoms with Crippen molar-refractivity contribution < 1.29 is 24.2 Å². The van der Waals surface area contributed by atoms with E-state index in [-0.39, 0.29) is 11.3 Å². The Morgan fingerprint density at radius 2 is 1.96 bits per heavy atom. The standard InChI is InChI=1S/C20H27NO5/c1-25-16-7-5-15(6-8-16)3-2-4-18(22)21-13-17(19(23)24)20(14-21)9-11-26-12-10-20/h5-8,17H,2-4,9-14H2,1H3,(H,23,24). The Bertz CT molecular complexity index is 636. The maximum absolute atomic E-state index is 12.6. The number of methoxy groups -OCH3 is 1. The van der Waals surface area contributed by atoms with Gasteiger partial charge < -0.3 is 19.5 Å². The van der Waals surface area contributed by atoms with E-state index in [2.05, 4.69) is 0 Å². The van der Waals surface area contributed by atoms with Gasteiger partial charge in [0.15, 0.2) is 0 Å². The highest BCUT2D eigenvalue weighted by molar-refractivity contribution is 5.79. The fourth-order valence-corrected chi connectivity index (χ4v) is 4.18. The Morgan fingerprint density at radius 1 is 1.27 bits per heavy atom. The fraction of sp³-hybridized carbons (Fsp3) is 0.600. The summed E-state index contributed by atoms with van der Waals surface area (Å²) in [4.78, 5) is 26.1. The fourth-order valence-electron chi connectivity index (χ4n) is 4.18. The van der Waals surface area contributed by atoms with E-state index in [1.807, 2.05) is 24.3 Å². The van der Waals surface area contributed by atoms with Gasteiger partial charge in [0.25, 0.3) is 0 Å². The molecule has 0 radical (unpaired) electrons. The largest absolute Gasteiger partial charge is 0.497 e. The molecule has 1 aromatic carbocycles. The second-order valence-electron chi connectivity index (χ2n) is 7.34. The molecule has 0 aliphatic carbocycles. The lowest BCUT2D eigenvalue weighted by atomic mass is 9.72. The number of likely N-dealkylation sites (tertiary alicyclic amines) is 1. The van der Waals surface area contributed by atoms with E-state index >= 15 is 0 Å². The van der Waals surface area contributed by atoms with E-state index in [4.69, 9.17) is 9.47 Å². The van der Waals surface area contributed by atoms with Gasteiger partial charge in [-0.05, 0) is 43.4 Å². The number of carbonyl (C=O) groups excluding carboxylic acids is 1. The molecule has 1 aromatic rings. The van der Waals surface area contributed by atoms with Crippen molar-refractivity contribution in [2.45, 2.75) is 32.1 Å². The van der Waals surface area contributed by atoms with Crippen molar-refractivity contribution in [3.05, 3.63) is 29.8 Å². The van der Waals surface area contributed by atoms with Crippen LogP contribution in [0.15, 0.2) is 24.3 Å². The summed E-state index contributed by atoms with van der Waals surface area (Å²) in [5, 5.41) is 9.61. The van der Waals surface area contributed by atoms with Crippen molar-refractivity contribution in [2.24, 2.45) is 11.3 Å². The van der Waals surface area contributed by atoms with Gasteiger partial charge in [0.1, 0.15) is 5.75 Å². The quantitative estimate of drug-likeness (QED) is 0.842. The summed E-state index contributed by atoms with van der Waals surface area (Å²) in [7, 11) is 1.64. The molecule has 0 bridgehead atoms. The van der Waals surface area contributed by atoms with Gasteiger partial charge in [-0.1, -0.05) is 12.1 Å². The Hall–Kier alpha value is -2.08. The molecule has 1 unspecified atom stereocenters. The molecule has 3 rings (SSSR count). The van der Waals surface area contributed by atoms with E-state index in [9.17, 15) is 14.7 Å². The van der Waals surface area contributed by atoms with Gasteiger partial charge in [-0.2, -0.15) is 0 Å². The van der Waals surface area contributed by atoms with Gasteiger partial charge in [-0.25, -0.2) is 0 Å². The van der Waals surface area contributed by atoms with Crippen LogP contribution in [0.5, 0.6) is 5.75 Å². The van der Waals surface area contributed by atoms with Gasteiger partial charge >= 0.3 is 5.97 Å². The number of aliphatic carboxylic acids is 1. The molecular formula is C20H27NO5.